The number of hydrogen-bond donors (Lipinski definition) is 2. The normalized spacial score (nSPS) is 18.1. The standard InChI is InChI=1S/C32H37N3O5S/c1-23-18-27(41-26-16-10-5-11-17-26)20-35(23)32(39)40-30(37)22-34(2)21-29(36)28(19-24-12-6-3-7-13-24)33-31(38)25-14-8-4-9-15-25/h3-17,23,27-29,36H,18-22H2,1-2H3,(H,33,38)/t23?,27-,28?,29?/m0/s1. The molecule has 1 fully saturated rings. The highest BCUT2D eigenvalue weighted by atomic mass is 32.2. The number of carbonyl (C=O) groups is 3. The number of likely N-dealkylation sites (N-methyl/N-ethyl adjacent to an activating group) is 1. The van der Waals surface area contributed by atoms with Crippen LogP contribution in [0.2, 0.25) is 0 Å². The molecule has 0 aromatic heterocycles. The summed E-state index contributed by atoms with van der Waals surface area (Å²) in [7, 11) is 1.67. The molecule has 4 rings (SSSR count). The third-order valence-electron chi connectivity index (χ3n) is 7.03. The predicted octanol–water partition coefficient (Wildman–Crippen LogP) is 4.24. The summed E-state index contributed by atoms with van der Waals surface area (Å²) in [5.74, 6) is -0.981. The molecule has 8 nitrogen and oxygen atoms in total. The van der Waals surface area contributed by atoms with Crippen LogP contribution in [0.3, 0.4) is 0 Å². The van der Waals surface area contributed by atoms with E-state index in [1.54, 1.807) is 52.9 Å². The molecule has 3 aromatic rings. The number of ether oxygens (including phenoxy) is 1. The highest BCUT2D eigenvalue weighted by Gasteiger charge is 2.35. The zero-order valence-corrected chi connectivity index (χ0v) is 24.2. The summed E-state index contributed by atoms with van der Waals surface area (Å²) < 4.78 is 5.18. The van der Waals surface area contributed by atoms with Crippen LogP contribution in [-0.2, 0) is 16.0 Å². The first-order valence-electron chi connectivity index (χ1n) is 13.8. The summed E-state index contributed by atoms with van der Waals surface area (Å²) in [6, 6.07) is 27.8. The lowest BCUT2D eigenvalue weighted by atomic mass is 10.00. The molecule has 0 aliphatic carbocycles. The predicted molar refractivity (Wildman–Crippen MR) is 160 cm³/mol. The molecule has 3 aromatic carbocycles. The summed E-state index contributed by atoms with van der Waals surface area (Å²) in [6.45, 7) is 2.36. The molecule has 41 heavy (non-hydrogen) atoms. The Kier molecular flexibility index (Phi) is 11.0. The topological polar surface area (TPSA) is 99.2 Å². The Bertz CT molecular complexity index is 1280. The van der Waals surface area contributed by atoms with Gasteiger partial charge in [0.1, 0.15) is 0 Å². The van der Waals surface area contributed by atoms with Crippen molar-refractivity contribution in [2.45, 2.75) is 48.1 Å². The fraction of sp³-hybridized carbons (Fsp3) is 0.344. The van der Waals surface area contributed by atoms with Crippen LogP contribution < -0.4 is 5.32 Å². The van der Waals surface area contributed by atoms with Crippen LogP contribution in [0.15, 0.2) is 95.9 Å². The van der Waals surface area contributed by atoms with Crippen molar-refractivity contribution >= 4 is 29.7 Å². The van der Waals surface area contributed by atoms with Gasteiger partial charge in [-0.25, -0.2) is 4.79 Å². The summed E-state index contributed by atoms with van der Waals surface area (Å²) in [4.78, 5) is 42.6. The molecular weight excluding hydrogens is 538 g/mol. The maximum absolute atomic E-state index is 12.9. The minimum absolute atomic E-state index is 0.0389. The minimum atomic E-state index is -0.981. The van der Waals surface area contributed by atoms with Gasteiger partial charge in [0.15, 0.2) is 0 Å². The van der Waals surface area contributed by atoms with E-state index in [1.807, 2.05) is 73.7 Å². The Morgan fingerprint density at radius 1 is 1.00 bits per heavy atom. The SMILES string of the molecule is CC1C[C@H](Sc2ccccc2)CN1C(=O)OC(=O)CN(C)CC(O)C(Cc1ccccc1)NC(=O)c1ccccc1. The van der Waals surface area contributed by atoms with Crippen molar-refractivity contribution in [3.63, 3.8) is 0 Å². The van der Waals surface area contributed by atoms with Gasteiger partial charge >= 0.3 is 12.1 Å². The number of amides is 2. The molecule has 2 amide bonds. The monoisotopic (exact) mass is 575 g/mol. The number of aliphatic hydroxyl groups is 1. The first kappa shape index (κ1) is 30.3. The summed E-state index contributed by atoms with van der Waals surface area (Å²) in [5.41, 5.74) is 1.45. The minimum Gasteiger partial charge on any atom is -0.390 e. The fourth-order valence-corrected chi connectivity index (χ4v) is 6.23. The van der Waals surface area contributed by atoms with E-state index in [4.69, 9.17) is 4.74 Å². The third-order valence-corrected chi connectivity index (χ3v) is 8.25. The van der Waals surface area contributed by atoms with Crippen LogP contribution >= 0.6 is 11.8 Å². The van der Waals surface area contributed by atoms with Gasteiger partial charge in [-0.3, -0.25) is 14.5 Å². The Hall–Kier alpha value is -3.66. The van der Waals surface area contributed by atoms with Gasteiger partial charge in [0.2, 0.25) is 0 Å². The average Bonchev–Trinajstić information content (AvgIpc) is 3.33. The van der Waals surface area contributed by atoms with E-state index in [-0.39, 0.29) is 30.3 Å². The summed E-state index contributed by atoms with van der Waals surface area (Å²) >= 11 is 1.72. The first-order chi connectivity index (χ1) is 19.8. The molecule has 1 aliphatic rings. The van der Waals surface area contributed by atoms with Crippen molar-refractivity contribution in [3.05, 3.63) is 102 Å². The number of nitrogens with one attached hydrogen (secondary N) is 1. The van der Waals surface area contributed by atoms with Crippen molar-refractivity contribution in [2.24, 2.45) is 0 Å². The first-order valence-corrected chi connectivity index (χ1v) is 14.7. The smallest absolute Gasteiger partial charge is 0.390 e. The Morgan fingerprint density at radius 2 is 1.61 bits per heavy atom. The number of carbonyl (C=O) groups excluding carboxylic acids is 3. The van der Waals surface area contributed by atoms with Gasteiger partial charge in [0.25, 0.3) is 5.91 Å². The second kappa shape index (κ2) is 14.8. The second-order valence-electron chi connectivity index (χ2n) is 10.4. The average molecular weight is 576 g/mol. The molecule has 0 bridgehead atoms. The van der Waals surface area contributed by atoms with Gasteiger partial charge in [-0.2, -0.15) is 0 Å². The lowest BCUT2D eigenvalue weighted by molar-refractivity contribution is -0.139. The van der Waals surface area contributed by atoms with E-state index in [9.17, 15) is 19.5 Å². The lowest BCUT2D eigenvalue weighted by Crippen LogP contribution is -2.49. The molecule has 0 spiro atoms. The molecule has 0 saturated carbocycles. The van der Waals surface area contributed by atoms with Crippen molar-refractivity contribution in [3.8, 4) is 0 Å². The van der Waals surface area contributed by atoms with Gasteiger partial charge in [0, 0.05) is 34.8 Å². The van der Waals surface area contributed by atoms with Crippen molar-refractivity contribution in [1.82, 2.24) is 15.1 Å². The maximum Gasteiger partial charge on any atom is 0.417 e. The van der Waals surface area contributed by atoms with Gasteiger partial charge < -0.3 is 20.1 Å². The van der Waals surface area contributed by atoms with E-state index in [0.29, 0.717) is 18.5 Å². The van der Waals surface area contributed by atoms with E-state index < -0.39 is 24.2 Å². The highest BCUT2D eigenvalue weighted by molar-refractivity contribution is 8.00. The van der Waals surface area contributed by atoms with Crippen molar-refractivity contribution < 1.29 is 24.2 Å². The van der Waals surface area contributed by atoms with Gasteiger partial charge in [0.05, 0.1) is 18.7 Å². The van der Waals surface area contributed by atoms with Crippen LogP contribution in [0.25, 0.3) is 0 Å². The van der Waals surface area contributed by atoms with Crippen LogP contribution in [0.4, 0.5) is 4.79 Å². The molecule has 216 valence electrons. The molecule has 4 atom stereocenters. The number of aliphatic hydroxyl groups excluding tert-OH is 1. The number of nitrogens with zero attached hydrogens (tertiary/aromatic N) is 2. The molecular formula is C32H37N3O5S. The van der Waals surface area contributed by atoms with Crippen LogP contribution in [0, 0.1) is 0 Å². The van der Waals surface area contributed by atoms with Crippen molar-refractivity contribution in [2.75, 3.05) is 26.7 Å². The third kappa shape index (κ3) is 9.18. The largest absolute Gasteiger partial charge is 0.417 e. The number of esters is 1. The van der Waals surface area contributed by atoms with Gasteiger partial charge in [-0.1, -0.05) is 66.7 Å². The van der Waals surface area contributed by atoms with E-state index in [2.05, 4.69) is 5.32 Å². The molecule has 1 heterocycles. The fourth-order valence-electron chi connectivity index (χ4n) is 4.93. The number of likely N-dealkylation sites (tertiary alicyclic amines) is 1. The quantitative estimate of drug-likeness (QED) is 0.261. The van der Waals surface area contributed by atoms with E-state index >= 15 is 0 Å². The van der Waals surface area contributed by atoms with E-state index in [0.717, 1.165) is 16.9 Å². The number of rotatable bonds is 11. The molecule has 1 saturated heterocycles. The molecule has 3 unspecified atom stereocenters. The summed E-state index contributed by atoms with van der Waals surface area (Å²) in [6.07, 6.45) is -0.408. The van der Waals surface area contributed by atoms with Crippen LogP contribution in [-0.4, -0.2) is 83.0 Å². The molecule has 0 radical (unpaired) electrons. The number of thioether (sulfide) groups is 1. The molecule has 2 N–H and O–H groups in total. The van der Waals surface area contributed by atoms with E-state index in [1.165, 1.54) is 0 Å². The zero-order valence-electron chi connectivity index (χ0n) is 23.4. The number of benzene rings is 3. The second-order valence-corrected chi connectivity index (χ2v) is 11.8. The Labute approximate surface area is 245 Å². The van der Waals surface area contributed by atoms with Crippen LogP contribution in [0.5, 0.6) is 0 Å². The van der Waals surface area contributed by atoms with Crippen molar-refractivity contribution in [1.29, 1.82) is 0 Å². The summed E-state index contributed by atoms with van der Waals surface area (Å²) in [5, 5.41) is 14.3. The zero-order chi connectivity index (χ0) is 29.2. The Morgan fingerprint density at radius 3 is 2.27 bits per heavy atom. The lowest BCUT2D eigenvalue weighted by Gasteiger charge is -2.28. The molecule has 9 heteroatoms. The Balaban J connectivity index is 1.29. The molecule has 1 aliphatic heterocycles. The van der Waals surface area contributed by atoms with Gasteiger partial charge in [-0.15, -0.1) is 11.8 Å². The maximum atomic E-state index is 12.9. The number of hydrogen-bond acceptors (Lipinski definition) is 7. The van der Waals surface area contributed by atoms with Gasteiger partial charge in [-0.05, 0) is 56.6 Å². The van der Waals surface area contributed by atoms with Crippen LogP contribution in [0.1, 0.15) is 29.3 Å². The highest BCUT2D eigenvalue weighted by Crippen LogP contribution is 2.32.